The molecular formula is C21H26FN3. The summed E-state index contributed by atoms with van der Waals surface area (Å²) < 4.78 is 13.2. The number of hydrogen-bond donors (Lipinski definition) is 1. The maximum Gasteiger partial charge on any atom is 0.123 e. The Balaban J connectivity index is 1.32. The van der Waals surface area contributed by atoms with E-state index in [1.54, 1.807) is 12.1 Å². The molecule has 4 heteroatoms. The fraction of sp³-hybridized carbons (Fsp3) is 0.476. The van der Waals surface area contributed by atoms with Crippen molar-refractivity contribution < 1.29 is 4.39 Å². The molecule has 0 radical (unpaired) electrons. The molecule has 25 heavy (non-hydrogen) atoms. The third kappa shape index (κ3) is 4.44. The van der Waals surface area contributed by atoms with Gasteiger partial charge in [-0.25, -0.2) is 4.39 Å². The minimum atomic E-state index is -0.152. The van der Waals surface area contributed by atoms with E-state index in [0.29, 0.717) is 12.1 Å². The van der Waals surface area contributed by atoms with Crippen molar-refractivity contribution in [2.45, 2.75) is 44.3 Å². The number of aromatic nitrogens is 1. The van der Waals surface area contributed by atoms with E-state index in [2.05, 4.69) is 27.3 Å². The van der Waals surface area contributed by atoms with Gasteiger partial charge in [-0.1, -0.05) is 18.2 Å². The zero-order valence-electron chi connectivity index (χ0n) is 14.6. The van der Waals surface area contributed by atoms with Gasteiger partial charge in [0.1, 0.15) is 5.82 Å². The van der Waals surface area contributed by atoms with Gasteiger partial charge in [0.25, 0.3) is 0 Å². The molecule has 0 unspecified atom stereocenters. The molecule has 1 saturated heterocycles. The van der Waals surface area contributed by atoms with Gasteiger partial charge in [-0.15, -0.1) is 0 Å². The Morgan fingerprint density at radius 1 is 1.04 bits per heavy atom. The lowest BCUT2D eigenvalue weighted by Gasteiger charge is -2.34. The summed E-state index contributed by atoms with van der Waals surface area (Å²) in [6.07, 6.45) is 6.77. The summed E-state index contributed by atoms with van der Waals surface area (Å²) in [4.78, 5) is 6.92. The van der Waals surface area contributed by atoms with Crippen LogP contribution >= 0.6 is 0 Å². The van der Waals surface area contributed by atoms with Gasteiger partial charge in [0.05, 0.1) is 5.69 Å². The number of pyridine rings is 1. The molecule has 1 aromatic heterocycles. The van der Waals surface area contributed by atoms with E-state index in [-0.39, 0.29) is 5.82 Å². The van der Waals surface area contributed by atoms with Crippen LogP contribution < -0.4 is 5.32 Å². The summed E-state index contributed by atoms with van der Waals surface area (Å²) in [7, 11) is 0. The molecule has 0 spiro atoms. The largest absolute Gasteiger partial charge is 0.307 e. The van der Waals surface area contributed by atoms with Gasteiger partial charge in [0, 0.05) is 37.9 Å². The Bertz CT molecular complexity index is 661. The number of nitrogens with zero attached hydrogens (tertiary/aromatic N) is 2. The molecule has 1 N–H and O–H groups in total. The summed E-state index contributed by atoms with van der Waals surface area (Å²) in [5.41, 5.74) is 2.39. The first-order chi connectivity index (χ1) is 12.3. The van der Waals surface area contributed by atoms with Crippen LogP contribution in [0.5, 0.6) is 0 Å². The Hall–Kier alpha value is -1.78. The normalized spacial score (nSPS) is 20.5. The molecule has 2 fully saturated rings. The average Bonchev–Trinajstić information content (AvgIpc) is 3.48. The first kappa shape index (κ1) is 16.7. The zero-order chi connectivity index (χ0) is 17.1. The number of piperidine rings is 1. The van der Waals surface area contributed by atoms with Crippen molar-refractivity contribution in [1.82, 2.24) is 15.2 Å². The number of benzene rings is 1. The Morgan fingerprint density at radius 2 is 1.80 bits per heavy atom. The van der Waals surface area contributed by atoms with E-state index in [1.165, 1.54) is 18.4 Å². The summed E-state index contributed by atoms with van der Waals surface area (Å²) in [5.74, 6) is 0.568. The van der Waals surface area contributed by atoms with Crippen molar-refractivity contribution in [3.63, 3.8) is 0 Å². The highest BCUT2D eigenvalue weighted by molar-refractivity contribution is 5.22. The molecule has 0 bridgehead atoms. The topological polar surface area (TPSA) is 28.2 Å². The third-order valence-electron chi connectivity index (χ3n) is 5.44. The summed E-state index contributed by atoms with van der Waals surface area (Å²) in [5, 5.41) is 3.87. The van der Waals surface area contributed by atoms with Gasteiger partial charge in [0.15, 0.2) is 0 Å². The molecule has 1 aromatic carbocycles. The van der Waals surface area contributed by atoms with Gasteiger partial charge in [-0.05, 0) is 61.4 Å². The van der Waals surface area contributed by atoms with Crippen molar-refractivity contribution in [1.29, 1.82) is 0 Å². The van der Waals surface area contributed by atoms with E-state index < -0.39 is 0 Å². The minimum absolute atomic E-state index is 0.152. The summed E-state index contributed by atoms with van der Waals surface area (Å²) in [6.45, 7) is 3.15. The van der Waals surface area contributed by atoms with Crippen molar-refractivity contribution in [3.05, 3.63) is 65.7 Å². The monoisotopic (exact) mass is 339 g/mol. The highest BCUT2D eigenvalue weighted by Gasteiger charge is 2.34. The molecule has 1 atom stereocenters. The van der Waals surface area contributed by atoms with Gasteiger partial charge in [0.2, 0.25) is 0 Å². The number of hydrogen-bond acceptors (Lipinski definition) is 3. The van der Waals surface area contributed by atoms with Crippen LogP contribution in [0, 0.1) is 11.7 Å². The molecule has 1 aliphatic heterocycles. The Morgan fingerprint density at radius 3 is 2.44 bits per heavy atom. The number of rotatable bonds is 6. The summed E-state index contributed by atoms with van der Waals surface area (Å²) >= 11 is 0. The fourth-order valence-corrected chi connectivity index (χ4v) is 3.84. The van der Waals surface area contributed by atoms with Gasteiger partial charge >= 0.3 is 0 Å². The average molecular weight is 339 g/mol. The van der Waals surface area contributed by atoms with Crippen LogP contribution in [0.1, 0.15) is 43.0 Å². The third-order valence-corrected chi connectivity index (χ3v) is 5.44. The predicted molar refractivity (Wildman–Crippen MR) is 97.5 cm³/mol. The van der Waals surface area contributed by atoms with Crippen LogP contribution in [0.4, 0.5) is 4.39 Å². The maximum atomic E-state index is 13.2. The molecule has 2 aromatic rings. The number of likely N-dealkylation sites (tertiary alicyclic amines) is 1. The van der Waals surface area contributed by atoms with Crippen LogP contribution in [-0.2, 0) is 6.54 Å². The van der Waals surface area contributed by atoms with E-state index in [9.17, 15) is 4.39 Å². The molecule has 132 valence electrons. The second-order valence-corrected chi connectivity index (χ2v) is 7.40. The maximum absolute atomic E-state index is 13.2. The molecule has 3 nitrogen and oxygen atoms in total. The second-order valence-electron chi connectivity index (χ2n) is 7.40. The number of halogens is 1. The van der Waals surface area contributed by atoms with Crippen molar-refractivity contribution >= 4 is 0 Å². The molecule has 2 aliphatic rings. The van der Waals surface area contributed by atoms with E-state index in [0.717, 1.165) is 44.1 Å². The smallest absolute Gasteiger partial charge is 0.123 e. The fourth-order valence-electron chi connectivity index (χ4n) is 3.84. The SMILES string of the molecule is Fc1ccc([C@H](NC2CCN(Cc3ccccn3)CC2)C2CC2)cc1. The first-order valence-electron chi connectivity index (χ1n) is 9.42. The van der Waals surface area contributed by atoms with Crippen LogP contribution in [0.2, 0.25) is 0 Å². The molecule has 1 saturated carbocycles. The second kappa shape index (κ2) is 7.63. The van der Waals surface area contributed by atoms with E-state index in [1.807, 2.05) is 24.4 Å². The van der Waals surface area contributed by atoms with Crippen LogP contribution in [-0.4, -0.2) is 29.0 Å². The Kier molecular flexibility index (Phi) is 5.09. The van der Waals surface area contributed by atoms with Crippen LogP contribution in [0.3, 0.4) is 0 Å². The van der Waals surface area contributed by atoms with Crippen LogP contribution in [0.15, 0.2) is 48.7 Å². The van der Waals surface area contributed by atoms with Crippen LogP contribution in [0.25, 0.3) is 0 Å². The lowest BCUT2D eigenvalue weighted by atomic mass is 9.98. The number of nitrogens with one attached hydrogen (secondary N) is 1. The summed E-state index contributed by atoms with van der Waals surface area (Å²) in [6, 6.07) is 14.1. The molecule has 0 amide bonds. The first-order valence-corrected chi connectivity index (χ1v) is 9.42. The van der Waals surface area contributed by atoms with Crippen molar-refractivity contribution in [2.24, 2.45) is 5.92 Å². The highest BCUT2D eigenvalue weighted by Crippen LogP contribution is 2.41. The van der Waals surface area contributed by atoms with Crippen molar-refractivity contribution in [3.8, 4) is 0 Å². The predicted octanol–water partition coefficient (Wildman–Crippen LogP) is 3.93. The molecule has 1 aliphatic carbocycles. The minimum Gasteiger partial charge on any atom is -0.307 e. The quantitative estimate of drug-likeness (QED) is 0.864. The van der Waals surface area contributed by atoms with E-state index >= 15 is 0 Å². The van der Waals surface area contributed by atoms with E-state index in [4.69, 9.17) is 0 Å². The van der Waals surface area contributed by atoms with Gasteiger partial charge in [-0.2, -0.15) is 0 Å². The van der Waals surface area contributed by atoms with Crippen molar-refractivity contribution in [2.75, 3.05) is 13.1 Å². The molecule has 2 heterocycles. The Labute approximate surface area is 149 Å². The lowest BCUT2D eigenvalue weighted by Crippen LogP contribution is -2.43. The zero-order valence-corrected chi connectivity index (χ0v) is 14.6. The van der Waals surface area contributed by atoms with Gasteiger partial charge in [-0.3, -0.25) is 9.88 Å². The highest BCUT2D eigenvalue weighted by atomic mass is 19.1. The van der Waals surface area contributed by atoms with Gasteiger partial charge < -0.3 is 5.32 Å². The lowest BCUT2D eigenvalue weighted by molar-refractivity contribution is 0.179. The standard InChI is InChI=1S/C21H26FN3/c22-18-8-6-17(7-9-18)21(16-4-5-16)24-19-10-13-25(14-11-19)15-20-3-1-2-12-23-20/h1-3,6-9,12,16,19,21,24H,4-5,10-11,13-15H2/t21-/m1/s1. The molecular weight excluding hydrogens is 313 g/mol. The molecule has 4 rings (SSSR count).